The maximum atomic E-state index is 11.8. The molecule has 0 radical (unpaired) electrons. The van der Waals surface area contributed by atoms with Crippen LogP contribution in [0, 0.1) is 11.3 Å². The number of hydrogen-bond donors (Lipinski definition) is 3. The van der Waals surface area contributed by atoms with E-state index >= 15 is 0 Å². The fraction of sp³-hybridized carbons (Fsp3) is 0.769. The predicted molar refractivity (Wildman–Crippen MR) is 69.4 cm³/mol. The molecule has 3 N–H and O–H groups in total. The van der Waals surface area contributed by atoms with Crippen molar-refractivity contribution in [2.75, 3.05) is 13.1 Å². The molecule has 0 unspecified atom stereocenters. The summed E-state index contributed by atoms with van der Waals surface area (Å²) in [5.74, 6) is -1.29. The summed E-state index contributed by atoms with van der Waals surface area (Å²) in [6, 6.07) is 0. The van der Waals surface area contributed by atoms with E-state index in [-0.39, 0.29) is 18.9 Å². The molecular formula is C13H22N2O4. The summed E-state index contributed by atoms with van der Waals surface area (Å²) in [6.07, 6.45) is 1.70. The van der Waals surface area contributed by atoms with Gasteiger partial charge in [0.15, 0.2) is 0 Å². The van der Waals surface area contributed by atoms with E-state index in [1.165, 1.54) is 0 Å². The van der Waals surface area contributed by atoms with Gasteiger partial charge in [0.2, 0.25) is 11.8 Å². The minimum absolute atomic E-state index is 0.132. The highest BCUT2D eigenvalue weighted by atomic mass is 16.4. The molecular weight excluding hydrogens is 248 g/mol. The third kappa shape index (κ3) is 3.94. The molecule has 1 aliphatic carbocycles. The highest BCUT2D eigenvalue weighted by Crippen LogP contribution is 2.41. The molecule has 1 fully saturated rings. The molecule has 0 aromatic rings. The van der Waals surface area contributed by atoms with Crippen LogP contribution in [0.25, 0.3) is 0 Å². The molecule has 0 bridgehead atoms. The lowest BCUT2D eigenvalue weighted by atomic mass is 9.68. The van der Waals surface area contributed by atoms with Crippen molar-refractivity contribution < 1.29 is 19.5 Å². The minimum Gasteiger partial charge on any atom is -0.480 e. The molecule has 19 heavy (non-hydrogen) atoms. The Hall–Kier alpha value is -1.59. The summed E-state index contributed by atoms with van der Waals surface area (Å²) < 4.78 is 0. The first-order valence-electron chi connectivity index (χ1n) is 6.67. The van der Waals surface area contributed by atoms with Crippen LogP contribution < -0.4 is 10.6 Å². The monoisotopic (exact) mass is 270 g/mol. The van der Waals surface area contributed by atoms with Gasteiger partial charge in [-0.2, -0.15) is 0 Å². The Morgan fingerprint density at radius 2 is 1.84 bits per heavy atom. The van der Waals surface area contributed by atoms with Crippen LogP contribution in [0.1, 0.15) is 39.5 Å². The molecule has 1 rings (SSSR count). The molecule has 0 aromatic heterocycles. The van der Waals surface area contributed by atoms with Crippen LogP contribution in [0.5, 0.6) is 0 Å². The number of hydrogen-bond acceptors (Lipinski definition) is 3. The van der Waals surface area contributed by atoms with E-state index in [4.69, 9.17) is 5.11 Å². The van der Waals surface area contributed by atoms with Gasteiger partial charge in [0.05, 0.1) is 0 Å². The third-order valence-electron chi connectivity index (χ3n) is 3.40. The van der Waals surface area contributed by atoms with E-state index in [0.717, 1.165) is 6.42 Å². The van der Waals surface area contributed by atoms with Gasteiger partial charge in [0.1, 0.15) is 5.41 Å². The quantitative estimate of drug-likeness (QED) is 0.588. The lowest BCUT2D eigenvalue weighted by Crippen LogP contribution is -2.51. The fourth-order valence-corrected chi connectivity index (χ4v) is 1.93. The summed E-state index contributed by atoms with van der Waals surface area (Å²) in [5, 5.41) is 14.4. The number of rotatable bonds is 7. The van der Waals surface area contributed by atoms with Crippen LogP contribution in [0.3, 0.4) is 0 Å². The highest BCUT2D eigenvalue weighted by Gasteiger charge is 2.50. The number of nitrogens with one attached hydrogen (secondary N) is 2. The molecule has 6 nitrogen and oxygen atoms in total. The van der Waals surface area contributed by atoms with E-state index < -0.39 is 17.3 Å². The van der Waals surface area contributed by atoms with E-state index in [2.05, 4.69) is 10.6 Å². The standard InChI is InChI=1S/C13H22N2O4/c1-9(2)8-15-10(16)4-7-14-11(17)13(12(18)19)5-3-6-13/h9H,3-8H2,1-2H3,(H,14,17)(H,15,16)(H,18,19). The molecule has 0 saturated heterocycles. The van der Waals surface area contributed by atoms with Gasteiger partial charge < -0.3 is 15.7 Å². The van der Waals surface area contributed by atoms with Crippen molar-refractivity contribution in [3.05, 3.63) is 0 Å². The van der Waals surface area contributed by atoms with Crippen molar-refractivity contribution >= 4 is 17.8 Å². The Morgan fingerprint density at radius 1 is 1.21 bits per heavy atom. The molecule has 0 aromatic carbocycles. The molecule has 0 atom stereocenters. The number of carboxylic acids is 1. The molecule has 0 aliphatic heterocycles. The number of amides is 2. The van der Waals surface area contributed by atoms with Crippen molar-refractivity contribution in [2.24, 2.45) is 11.3 Å². The maximum absolute atomic E-state index is 11.8. The number of carboxylic acid groups (broad SMARTS) is 1. The summed E-state index contributed by atoms with van der Waals surface area (Å²) in [7, 11) is 0. The van der Waals surface area contributed by atoms with Crippen LogP contribution in [0.2, 0.25) is 0 Å². The van der Waals surface area contributed by atoms with Crippen LogP contribution in [0.15, 0.2) is 0 Å². The van der Waals surface area contributed by atoms with Gasteiger partial charge in [0, 0.05) is 19.5 Å². The van der Waals surface area contributed by atoms with Crippen molar-refractivity contribution in [2.45, 2.75) is 39.5 Å². The second-order valence-electron chi connectivity index (χ2n) is 5.44. The summed E-state index contributed by atoms with van der Waals surface area (Å²) in [6.45, 7) is 4.77. The second-order valence-corrected chi connectivity index (χ2v) is 5.44. The second kappa shape index (κ2) is 6.54. The maximum Gasteiger partial charge on any atom is 0.319 e. The van der Waals surface area contributed by atoms with Crippen molar-refractivity contribution in [3.63, 3.8) is 0 Å². The van der Waals surface area contributed by atoms with Crippen LogP contribution in [-0.4, -0.2) is 36.0 Å². The van der Waals surface area contributed by atoms with Gasteiger partial charge in [-0.1, -0.05) is 20.3 Å². The summed E-state index contributed by atoms with van der Waals surface area (Å²) >= 11 is 0. The van der Waals surface area contributed by atoms with E-state index in [1.54, 1.807) is 0 Å². The smallest absolute Gasteiger partial charge is 0.319 e. The number of aliphatic carboxylic acids is 1. The van der Waals surface area contributed by atoms with Gasteiger partial charge in [-0.3, -0.25) is 14.4 Å². The topological polar surface area (TPSA) is 95.5 Å². The van der Waals surface area contributed by atoms with Crippen LogP contribution >= 0.6 is 0 Å². The van der Waals surface area contributed by atoms with Crippen LogP contribution in [-0.2, 0) is 14.4 Å². The Bertz CT molecular complexity index is 362. The lowest BCUT2D eigenvalue weighted by molar-refractivity contribution is -0.162. The van der Waals surface area contributed by atoms with E-state index in [9.17, 15) is 14.4 Å². The van der Waals surface area contributed by atoms with Gasteiger partial charge >= 0.3 is 5.97 Å². The van der Waals surface area contributed by atoms with Gasteiger partial charge in [-0.15, -0.1) is 0 Å². The molecule has 1 saturated carbocycles. The van der Waals surface area contributed by atoms with E-state index in [0.29, 0.717) is 25.3 Å². The Labute approximate surface area is 112 Å². The first-order valence-corrected chi connectivity index (χ1v) is 6.67. The molecule has 0 spiro atoms. The first kappa shape index (κ1) is 15.5. The number of carbonyl (C=O) groups excluding carboxylic acids is 2. The largest absolute Gasteiger partial charge is 0.480 e. The Morgan fingerprint density at radius 3 is 2.26 bits per heavy atom. The Balaban J connectivity index is 2.27. The minimum atomic E-state index is -1.26. The zero-order valence-corrected chi connectivity index (χ0v) is 11.5. The predicted octanol–water partition coefficient (Wildman–Crippen LogP) is 0.520. The highest BCUT2D eigenvalue weighted by molar-refractivity contribution is 6.02. The average molecular weight is 270 g/mol. The van der Waals surface area contributed by atoms with Crippen LogP contribution in [0.4, 0.5) is 0 Å². The third-order valence-corrected chi connectivity index (χ3v) is 3.40. The van der Waals surface area contributed by atoms with E-state index in [1.807, 2.05) is 13.8 Å². The van der Waals surface area contributed by atoms with Gasteiger partial charge in [0.25, 0.3) is 0 Å². The molecule has 108 valence electrons. The lowest BCUT2D eigenvalue weighted by Gasteiger charge is -2.35. The van der Waals surface area contributed by atoms with Gasteiger partial charge in [-0.25, -0.2) is 0 Å². The molecule has 2 amide bonds. The molecule has 0 heterocycles. The molecule has 6 heteroatoms. The zero-order chi connectivity index (χ0) is 14.5. The summed E-state index contributed by atoms with van der Waals surface area (Å²) in [5.41, 5.74) is -1.26. The van der Waals surface area contributed by atoms with Crippen molar-refractivity contribution in [1.82, 2.24) is 10.6 Å². The number of carbonyl (C=O) groups is 3. The normalized spacial score (nSPS) is 16.6. The van der Waals surface area contributed by atoms with Crippen molar-refractivity contribution in [1.29, 1.82) is 0 Å². The average Bonchev–Trinajstić information content (AvgIpc) is 2.24. The Kier molecular flexibility index (Phi) is 5.32. The SMILES string of the molecule is CC(C)CNC(=O)CCNC(=O)C1(C(=O)O)CCC1. The van der Waals surface area contributed by atoms with Crippen molar-refractivity contribution in [3.8, 4) is 0 Å². The first-order chi connectivity index (χ1) is 8.88. The molecule has 1 aliphatic rings. The fourth-order valence-electron chi connectivity index (χ4n) is 1.93. The zero-order valence-electron chi connectivity index (χ0n) is 11.5. The van der Waals surface area contributed by atoms with Gasteiger partial charge in [-0.05, 0) is 18.8 Å². The summed E-state index contributed by atoms with van der Waals surface area (Å²) in [4.78, 5) is 34.3.